The third-order valence-electron chi connectivity index (χ3n) is 3.48. The molecule has 0 radical (unpaired) electrons. The van der Waals surface area contributed by atoms with Crippen molar-refractivity contribution in [3.05, 3.63) is 47.5 Å². The summed E-state index contributed by atoms with van der Waals surface area (Å²) in [4.78, 5) is 16.2. The van der Waals surface area contributed by atoms with Crippen LogP contribution in [0.15, 0.2) is 30.5 Å². The lowest BCUT2D eigenvalue weighted by Gasteiger charge is -2.08. The average molecular weight is 299 g/mol. The normalized spacial score (nSPS) is 10.9. The van der Waals surface area contributed by atoms with Gasteiger partial charge >= 0.3 is 0 Å². The summed E-state index contributed by atoms with van der Waals surface area (Å²) in [5.41, 5.74) is 3.12. The third-order valence-corrected chi connectivity index (χ3v) is 3.48. The molecule has 2 heterocycles. The number of aromatic nitrogens is 3. The van der Waals surface area contributed by atoms with Gasteiger partial charge in [-0.25, -0.2) is 13.9 Å². The van der Waals surface area contributed by atoms with Crippen LogP contribution in [-0.2, 0) is 0 Å². The van der Waals surface area contributed by atoms with Gasteiger partial charge in [0.25, 0.3) is 0 Å². The van der Waals surface area contributed by atoms with Gasteiger partial charge in [-0.1, -0.05) is 0 Å². The van der Waals surface area contributed by atoms with Gasteiger partial charge in [0.15, 0.2) is 23.0 Å². The highest BCUT2D eigenvalue weighted by atomic mass is 19.1. The van der Waals surface area contributed by atoms with E-state index in [0.29, 0.717) is 22.5 Å². The number of methoxy groups -OCH3 is 1. The number of benzene rings is 1. The van der Waals surface area contributed by atoms with Gasteiger partial charge in [0.05, 0.1) is 24.6 Å². The third kappa shape index (κ3) is 2.22. The van der Waals surface area contributed by atoms with Crippen LogP contribution in [-0.4, -0.2) is 27.5 Å². The number of nitrogens with zero attached hydrogens (tertiary/aromatic N) is 3. The predicted octanol–water partition coefficient (Wildman–Crippen LogP) is 3.06. The van der Waals surface area contributed by atoms with Crippen LogP contribution in [0.2, 0.25) is 0 Å². The Balaban J connectivity index is 2.23. The molecule has 0 aliphatic heterocycles. The van der Waals surface area contributed by atoms with Crippen LogP contribution in [0.4, 0.5) is 4.39 Å². The molecule has 0 atom stereocenters. The number of ketones is 1. The molecule has 0 fully saturated rings. The van der Waals surface area contributed by atoms with Crippen LogP contribution in [0.3, 0.4) is 0 Å². The fourth-order valence-corrected chi connectivity index (χ4v) is 2.33. The fourth-order valence-electron chi connectivity index (χ4n) is 2.33. The largest absolute Gasteiger partial charge is 0.494 e. The van der Waals surface area contributed by atoms with E-state index in [1.807, 2.05) is 13.0 Å². The SMILES string of the molecule is COc1cc(-c2cc(C)n3ncc(C(C)=O)c3n2)ccc1F. The molecule has 1 aromatic carbocycles. The number of carbonyl (C=O) groups excluding carboxylic acids is 1. The van der Waals surface area contributed by atoms with E-state index in [9.17, 15) is 9.18 Å². The highest BCUT2D eigenvalue weighted by molar-refractivity contribution is 5.99. The first-order chi connectivity index (χ1) is 10.5. The zero-order valence-corrected chi connectivity index (χ0v) is 12.4. The maximum Gasteiger partial charge on any atom is 0.166 e. The second-order valence-corrected chi connectivity index (χ2v) is 4.98. The number of ether oxygens (including phenoxy) is 1. The number of fused-ring (bicyclic) bond motifs is 1. The van der Waals surface area contributed by atoms with Gasteiger partial charge in [-0.2, -0.15) is 5.10 Å². The molecular formula is C16H14FN3O2. The molecule has 5 nitrogen and oxygen atoms in total. The highest BCUT2D eigenvalue weighted by Gasteiger charge is 2.14. The molecule has 6 heteroatoms. The van der Waals surface area contributed by atoms with Crippen molar-refractivity contribution in [1.29, 1.82) is 0 Å². The van der Waals surface area contributed by atoms with Crippen LogP contribution < -0.4 is 4.74 Å². The number of hydrogen-bond donors (Lipinski definition) is 0. The molecule has 0 aliphatic rings. The van der Waals surface area contributed by atoms with Crippen molar-refractivity contribution < 1.29 is 13.9 Å². The van der Waals surface area contributed by atoms with Gasteiger partial charge in [0.2, 0.25) is 0 Å². The quantitative estimate of drug-likeness (QED) is 0.697. The van der Waals surface area contributed by atoms with E-state index < -0.39 is 5.82 Å². The fraction of sp³-hybridized carbons (Fsp3) is 0.188. The van der Waals surface area contributed by atoms with Gasteiger partial charge in [-0.15, -0.1) is 0 Å². The Bertz CT molecular complexity index is 886. The average Bonchev–Trinajstić information content (AvgIpc) is 2.92. The minimum atomic E-state index is -0.433. The number of carbonyl (C=O) groups is 1. The molecular weight excluding hydrogens is 285 g/mol. The zero-order valence-electron chi connectivity index (χ0n) is 12.4. The smallest absolute Gasteiger partial charge is 0.166 e. The van der Waals surface area contributed by atoms with Gasteiger partial charge in [0, 0.05) is 11.3 Å². The first-order valence-corrected chi connectivity index (χ1v) is 6.71. The molecule has 0 spiro atoms. The molecule has 0 unspecified atom stereocenters. The number of halogens is 1. The topological polar surface area (TPSA) is 56.5 Å². The molecule has 22 heavy (non-hydrogen) atoms. The molecule has 0 bridgehead atoms. The number of aryl methyl sites for hydroxylation is 1. The van der Waals surface area contributed by atoms with E-state index in [0.717, 1.165) is 5.69 Å². The van der Waals surface area contributed by atoms with Gasteiger partial charge in [0.1, 0.15) is 0 Å². The molecule has 3 aromatic rings. The van der Waals surface area contributed by atoms with Crippen molar-refractivity contribution >= 4 is 11.4 Å². The Morgan fingerprint density at radius 1 is 1.32 bits per heavy atom. The minimum absolute atomic E-state index is 0.101. The summed E-state index contributed by atoms with van der Waals surface area (Å²) in [6, 6.07) is 6.37. The van der Waals surface area contributed by atoms with Crippen molar-refractivity contribution in [1.82, 2.24) is 14.6 Å². The lowest BCUT2D eigenvalue weighted by Crippen LogP contribution is -2.00. The maximum absolute atomic E-state index is 13.5. The molecule has 0 saturated heterocycles. The Hall–Kier alpha value is -2.76. The second kappa shape index (κ2) is 5.22. The summed E-state index contributed by atoms with van der Waals surface area (Å²) in [5.74, 6) is -0.384. The summed E-state index contributed by atoms with van der Waals surface area (Å²) in [5, 5.41) is 4.17. The lowest BCUT2D eigenvalue weighted by molar-refractivity contribution is 0.101. The summed E-state index contributed by atoms with van der Waals surface area (Å²) in [6.07, 6.45) is 1.51. The monoisotopic (exact) mass is 299 g/mol. The number of Topliss-reactive ketones (excluding diaryl/α,β-unsaturated/α-hetero) is 1. The molecule has 3 rings (SSSR count). The van der Waals surface area contributed by atoms with E-state index in [1.165, 1.54) is 26.3 Å². The summed E-state index contributed by atoms with van der Waals surface area (Å²) in [7, 11) is 1.41. The van der Waals surface area contributed by atoms with Crippen LogP contribution in [0.25, 0.3) is 16.9 Å². The van der Waals surface area contributed by atoms with Crippen LogP contribution in [0.1, 0.15) is 23.0 Å². The molecule has 0 saturated carbocycles. The zero-order chi connectivity index (χ0) is 15.9. The molecule has 0 N–H and O–H groups in total. The maximum atomic E-state index is 13.5. The highest BCUT2D eigenvalue weighted by Crippen LogP contribution is 2.26. The van der Waals surface area contributed by atoms with Crippen molar-refractivity contribution in [2.24, 2.45) is 0 Å². The molecule has 112 valence electrons. The van der Waals surface area contributed by atoms with Crippen molar-refractivity contribution in [2.75, 3.05) is 7.11 Å². The molecule has 0 amide bonds. The van der Waals surface area contributed by atoms with E-state index in [1.54, 1.807) is 16.6 Å². The molecule has 0 aliphatic carbocycles. The Labute approximate surface area is 126 Å². The van der Waals surface area contributed by atoms with Gasteiger partial charge in [-0.05, 0) is 38.1 Å². The molecule has 2 aromatic heterocycles. The van der Waals surface area contributed by atoms with E-state index in [2.05, 4.69) is 10.1 Å². The van der Waals surface area contributed by atoms with Crippen molar-refractivity contribution in [3.8, 4) is 17.0 Å². The lowest BCUT2D eigenvalue weighted by atomic mass is 10.1. The van der Waals surface area contributed by atoms with E-state index in [4.69, 9.17) is 4.74 Å². The second-order valence-electron chi connectivity index (χ2n) is 4.98. The Morgan fingerprint density at radius 2 is 2.09 bits per heavy atom. The number of hydrogen-bond acceptors (Lipinski definition) is 4. The summed E-state index contributed by atoms with van der Waals surface area (Å²) >= 11 is 0. The first-order valence-electron chi connectivity index (χ1n) is 6.71. The van der Waals surface area contributed by atoms with E-state index in [-0.39, 0.29) is 11.5 Å². The Kier molecular flexibility index (Phi) is 3.36. The number of rotatable bonds is 3. The Morgan fingerprint density at radius 3 is 2.77 bits per heavy atom. The van der Waals surface area contributed by atoms with Crippen LogP contribution in [0.5, 0.6) is 5.75 Å². The summed E-state index contributed by atoms with van der Waals surface area (Å²) < 4.78 is 20.1. The summed E-state index contributed by atoms with van der Waals surface area (Å²) in [6.45, 7) is 3.34. The predicted molar refractivity (Wildman–Crippen MR) is 79.7 cm³/mol. The minimum Gasteiger partial charge on any atom is -0.494 e. The van der Waals surface area contributed by atoms with Crippen LogP contribution in [0, 0.1) is 12.7 Å². The van der Waals surface area contributed by atoms with Crippen molar-refractivity contribution in [3.63, 3.8) is 0 Å². The standard InChI is InChI=1S/C16H14FN3O2/c1-9-6-14(11-4-5-13(17)15(7-11)22-3)19-16-12(10(2)21)8-18-20(9)16/h4-8H,1-3H3. The van der Waals surface area contributed by atoms with Crippen LogP contribution >= 0.6 is 0 Å². The first kappa shape index (κ1) is 14.2. The van der Waals surface area contributed by atoms with E-state index >= 15 is 0 Å². The van der Waals surface area contributed by atoms with Crippen molar-refractivity contribution in [2.45, 2.75) is 13.8 Å². The van der Waals surface area contributed by atoms with Gasteiger partial charge < -0.3 is 4.74 Å². The van der Waals surface area contributed by atoms with Gasteiger partial charge in [-0.3, -0.25) is 4.79 Å².